The summed E-state index contributed by atoms with van der Waals surface area (Å²) in [6, 6.07) is 8.41. The van der Waals surface area contributed by atoms with Gasteiger partial charge < -0.3 is 9.88 Å². The topological polar surface area (TPSA) is 51.1 Å². The highest BCUT2D eigenvalue weighted by molar-refractivity contribution is 9.10. The van der Waals surface area contributed by atoms with Crippen LogP contribution in [0.15, 0.2) is 45.8 Å². The summed E-state index contributed by atoms with van der Waals surface area (Å²) < 4.78 is 2.31. The van der Waals surface area contributed by atoms with Crippen molar-refractivity contribution in [1.82, 2.24) is 4.57 Å². The number of anilines is 1. The lowest BCUT2D eigenvalue weighted by atomic mass is 10.1. The summed E-state index contributed by atoms with van der Waals surface area (Å²) in [6.07, 6.45) is 1.59. The first-order chi connectivity index (χ1) is 8.97. The lowest BCUT2D eigenvalue weighted by Crippen LogP contribution is -2.18. The van der Waals surface area contributed by atoms with Crippen molar-refractivity contribution < 1.29 is 4.79 Å². The first kappa shape index (κ1) is 13.5. The Morgan fingerprint density at radius 1 is 1.26 bits per heavy atom. The molecular formula is C14H13BrN2O2. The van der Waals surface area contributed by atoms with E-state index in [-0.39, 0.29) is 11.5 Å². The first-order valence-corrected chi connectivity index (χ1v) is 6.51. The first-order valence-electron chi connectivity index (χ1n) is 5.71. The zero-order chi connectivity index (χ0) is 14.0. The molecule has 0 unspecified atom stereocenters. The molecule has 98 valence electrons. The minimum atomic E-state index is -0.209. The van der Waals surface area contributed by atoms with Gasteiger partial charge in [0.1, 0.15) is 0 Å². The summed E-state index contributed by atoms with van der Waals surface area (Å²) in [5.41, 5.74) is 2.10. The third kappa shape index (κ3) is 3.12. The predicted octanol–water partition coefficient (Wildman–Crippen LogP) is 2.71. The van der Waals surface area contributed by atoms with Crippen LogP contribution in [0.5, 0.6) is 0 Å². The average molecular weight is 321 g/mol. The molecule has 5 heteroatoms. The number of aromatic nitrogens is 1. The Kier molecular flexibility index (Phi) is 3.85. The highest BCUT2D eigenvalue weighted by Crippen LogP contribution is 2.18. The van der Waals surface area contributed by atoms with Gasteiger partial charge in [0.2, 0.25) is 5.56 Å². The van der Waals surface area contributed by atoms with E-state index in [1.165, 1.54) is 10.6 Å². The number of carbonyl (C=O) groups excluding carboxylic acids is 1. The minimum Gasteiger partial charge on any atom is -0.321 e. The van der Waals surface area contributed by atoms with Crippen LogP contribution in [-0.4, -0.2) is 10.5 Å². The fourth-order valence-electron chi connectivity index (χ4n) is 1.61. The van der Waals surface area contributed by atoms with E-state index in [2.05, 4.69) is 21.2 Å². The number of hydrogen-bond donors (Lipinski definition) is 1. The van der Waals surface area contributed by atoms with Gasteiger partial charge in [-0.2, -0.15) is 0 Å². The number of hydrogen-bond acceptors (Lipinski definition) is 2. The van der Waals surface area contributed by atoms with Crippen LogP contribution in [-0.2, 0) is 7.05 Å². The number of nitrogens with one attached hydrogen (secondary N) is 1. The number of aryl methyl sites for hydroxylation is 2. The predicted molar refractivity (Wildman–Crippen MR) is 78.5 cm³/mol. The Bertz CT molecular complexity index is 692. The van der Waals surface area contributed by atoms with E-state index in [1.807, 2.05) is 13.0 Å². The molecule has 0 aliphatic heterocycles. The molecule has 2 aromatic rings. The number of amides is 1. The molecule has 0 aliphatic rings. The van der Waals surface area contributed by atoms with Crippen molar-refractivity contribution in [3.63, 3.8) is 0 Å². The summed E-state index contributed by atoms with van der Waals surface area (Å²) in [7, 11) is 1.64. The fourth-order valence-corrected chi connectivity index (χ4v) is 1.98. The van der Waals surface area contributed by atoms with Crippen LogP contribution in [0, 0.1) is 6.92 Å². The maximum Gasteiger partial charge on any atom is 0.255 e. The van der Waals surface area contributed by atoms with Crippen LogP contribution in [0.25, 0.3) is 0 Å². The van der Waals surface area contributed by atoms with Gasteiger partial charge in [0.15, 0.2) is 0 Å². The number of rotatable bonds is 2. The lowest BCUT2D eigenvalue weighted by Gasteiger charge is -2.07. The van der Waals surface area contributed by atoms with Gasteiger partial charge in [0.05, 0.1) is 5.69 Å². The fraction of sp³-hybridized carbons (Fsp3) is 0.143. The maximum atomic E-state index is 12.1. The van der Waals surface area contributed by atoms with Crippen LogP contribution in [0.1, 0.15) is 15.9 Å². The summed E-state index contributed by atoms with van der Waals surface area (Å²) in [6.45, 7) is 1.96. The van der Waals surface area contributed by atoms with Crippen LogP contribution in [0.2, 0.25) is 0 Å². The zero-order valence-corrected chi connectivity index (χ0v) is 12.2. The number of halogens is 1. The summed E-state index contributed by atoms with van der Waals surface area (Å²) in [4.78, 5) is 23.3. The van der Waals surface area contributed by atoms with Gasteiger partial charge in [-0.3, -0.25) is 9.59 Å². The van der Waals surface area contributed by atoms with E-state index in [1.54, 1.807) is 31.4 Å². The van der Waals surface area contributed by atoms with Crippen molar-refractivity contribution in [1.29, 1.82) is 0 Å². The van der Waals surface area contributed by atoms with Gasteiger partial charge in [-0.15, -0.1) is 0 Å². The number of benzene rings is 1. The SMILES string of the molecule is Cc1ccc(C(=O)Nc2ccc(=O)n(C)c2)cc1Br. The monoisotopic (exact) mass is 320 g/mol. The Labute approximate surface area is 119 Å². The molecular weight excluding hydrogens is 308 g/mol. The van der Waals surface area contributed by atoms with E-state index in [0.717, 1.165) is 10.0 Å². The minimum absolute atomic E-state index is 0.115. The molecule has 1 aromatic carbocycles. The second kappa shape index (κ2) is 5.40. The van der Waals surface area contributed by atoms with E-state index >= 15 is 0 Å². The van der Waals surface area contributed by atoms with Crippen molar-refractivity contribution in [2.45, 2.75) is 6.92 Å². The van der Waals surface area contributed by atoms with Crippen molar-refractivity contribution in [2.75, 3.05) is 5.32 Å². The van der Waals surface area contributed by atoms with Gasteiger partial charge in [0.25, 0.3) is 5.91 Å². The van der Waals surface area contributed by atoms with Gasteiger partial charge >= 0.3 is 0 Å². The molecule has 4 nitrogen and oxygen atoms in total. The lowest BCUT2D eigenvalue weighted by molar-refractivity contribution is 0.102. The van der Waals surface area contributed by atoms with Gasteiger partial charge in [-0.25, -0.2) is 0 Å². The zero-order valence-electron chi connectivity index (χ0n) is 10.6. The smallest absolute Gasteiger partial charge is 0.255 e. The molecule has 1 amide bonds. The molecule has 19 heavy (non-hydrogen) atoms. The second-order valence-corrected chi connectivity index (χ2v) is 5.14. The number of pyridine rings is 1. The highest BCUT2D eigenvalue weighted by atomic mass is 79.9. The summed E-state index contributed by atoms with van der Waals surface area (Å²) in [5.74, 6) is -0.209. The van der Waals surface area contributed by atoms with E-state index < -0.39 is 0 Å². The second-order valence-electron chi connectivity index (χ2n) is 4.29. The molecule has 1 aromatic heterocycles. The molecule has 2 rings (SSSR count). The van der Waals surface area contributed by atoms with E-state index in [9.17, 15) is 9.59 Å². The van der Waals surface area contributed by atoms with Crippen molar-refractivity contribution in [3.05, 3.63) is 62.5 Å². The Hall–Kier alpha value is -1.88. The van der Waals surface area contributed by atoms with Crippen LogP contribution < -0.4 is 10.9 Å². The quantitative estimate of drug-likeness (QED) is 0.925. The molecule has 0 saturated heterocycles. The molecule has 0 fully saturated rings. The third-order valence-electron chi connectivity index (χ3n) is 2.78. The van der Waals surface area contributed by atoms with Gasteiger partial charge in [-0.1, -0.05) is 22.0 Å². The Morgan fingerprint density at radius 3 is 2.63 bits per heavy atom. The van der Waals surface area contributed by atoms with Crippen molar-refractivity contribution in [2.24, 2.45) is 7.05 Å². The van der Waals surface area contributed by atoms with Crippen molar-refractivity contribution >= 4 is 27.5 Å². The Morgan fingerprint density at radius 2 is 2.00 bits per heavy atom. The number of carbonyl (C=O) groups is 1. The standard InChI is InChI=1S/C14H13BrN2O2/c1-9-3-4-10(7-12(9)15)14(19)16-11-5-6-13(18)17(2)8-11/h3-8H,1-2H3,(H,16,19). The molecule has 1 N–H and O–H groups in total. The highest BCUT2D eigenvalue weighted by Gasteiger charge is 2.08. The molecule has 0 radical (unpaired) electrons. The molecule has 0 aliphatic carbocycles. The van der Waals surface area contributed by atoms with Gasteiger partial charge in [-0.05, 0) is 30.7 Å². The van der Waals surface area contributed by atoms with Crippen LogP contribution >= 0.6 is 15.9 Å². The maximum absolute atomic E-state index is 12.1. The summed E-state index contributed by atoms with van der Waals surface area (Å²) in [5, 5.41) is 2.75. The van der Waals surface area contributed by atoms with Crippen LogP contribution in [0.3, 0.4) is 0 Å². The number of nitrogens with zero attached hydrogens (tertiary/aromatic N) is 1. The normalized spacial score (nSPS) is 10.3. The van der Waals surface area contributed by atoms with Gasteiger partial charge in [0, 0.05) is 29.3 Å². The molecule has 0 atom stereocenters. The molecule has 1 heterocycles. The van der Waals surface area contributed by atoms with Crippen molar-refractivity contribution in [3.8, 4) is 0 Å². The Balaban J connectivity index is 2.22. The molecule has 0 saturated carbocycles. The third-order valence-corrected chi connectivity index (χ3v) is 3.63. The largest absolute Gasteiger partial charge is 0.321 e. The van der Waals surface area contributed by atoms with Crippen LogP contribution in [0.4, 0.5) is 5.69 Å². The van der Waals surface area contributed by atoms with E-state index in [0.29, 0.717) is 11.3 Å². The van der Waals surface area contributed by atoms with E-state index in [4.69, 9.17) is 0 Å². The summed E-state index contributed by atoms with van der Waals surface area (Å²) >= 11 is 3.40. The molecule has 0 bridgehead atoms. The molecule has 0 spiro atoms. The average Bonchev–Trinajstić information content (AvgIpc) is 2.37.